The fourth-order valence-corrected chi connectivity index (χ4v) is 3.97. The van der Waals surface area contributed by atoms with Gasteiger partial charge in [-0.3, -0.25) is 0 Å². The summed E-state index contributed by atoms with van der Waals surface area (Å²) >= 11 is 6.31. The number of nitrogens with zero attached hydrogens (tertiary/aromatic N) is 3. The van der Waals surface area contributed by atoms with Crippen molar-refractivity contribution in [2.24, 2.45) is 0 Å². The van der Waals surface area contributed by atoms with Gasteiger partial charge < -0.3 is 0 Å². The normalized spacial score (nSPS) is 15.2. The van der Waals surface area contributed by atoms with E-state index in [2.05, 4.69) is 70.7 Å². The van der Waals surface area contributed by atoms with Gasteiger partial charge >= 0.3 is 0 Å². The van der Waals surface area contributed by atoms with Gasteiger partial charge in [0.25, 0.3) is 0 Å². The molecule has 0 N–H and O–H groups in total. The van der Waals surface area contributed by atoms with Crippen molar-refractivity contribution in [3.63, 3.8) is 0 Å². The molecule has 1 aliphatic carbocycles. The molecule has 1 aromatic heterocycles. The van der Waals surface area contributed by atoms with Gasteiger partial charge in [-0.1, -0.05) is 91.0 Å². The maximum absolute atomic E-state index is 6.31. The fraction of sp³-hybridized carbons (Fsp3) is 0.0741. The monoisotopic (exact) mass is 421 g/mol. The zero-order valence-electron chi connectivity index (χ0n) is 16.8. The van der Waals surface area contributed by atoms with Crippen LogP contribution in [0, 0.1) is 0 Å². The smallest absolute Gasteiger partial charge is 0.208 e. The van der Waals surface area contributed by atoms with Gasteiger partial charge in [0.15, 0.2) is 11.6 Å². The maximum Gasteiger partial charge on any atom is 0.226 e. The van der Waals surface area contributed by atoms with E-state index >= 15 is 0 Å². The second-order valence-corrected chi connectivity index (χ2v) is 7.82. The lowest BCUT2D eigenvalue weighted by Crippen LogP contribution is -2.00. The lowest BCUT2D eigenvalue weighted by Gasteiger charge is -2.14. The topological polar surface area (TPSA) is 38.7 Å². The number of benzene rings is 3. The van der Waals surface area contributed by atoms with Crippen molar-refractivity contribution in [2.45, 2.75) is 12.3 Å². The SMILES string of the molecule is Clc1nc(-c2cccc(-c3ccccc3)c2)nc(-c2cccc(C3C=CC=CC3)c2)n1. The second-order valence-electron chi connectivity index (χ2n) is 7.48. The van der Waals surface area contributed by atoms with E-state index in [1.807, 2.05) is 42.5 Å². The Morgan fingerprint density at radius 1 is 0.645 bits per heavy atom. The molecule has 150 valence electrons. The molecule has 0 fully saturated rings. The molecule has 3 aromatic carbocycles. The number of aromatic nitrogens is 3. The number of hydrogen-bond acceptors (Lipinski definition) is 3. The molecule has 0 bridgehead atoms. The Bertz CT molecular complexity index is 1280. The quantitative estimate of drug-likeness (QED) is 0.352. The molecule has 0 radical (unpaired) electrons. The molecule has 0 aliphatic heterocycles. The minimum atomic E-state index is 0.191. The molecule has 3 nitrogen and oxygen atoms in total. The maximum atomic E-state index is 6.31. The highest BCUT2D eigenvalue weighted by Crippen LogP contribution is 2.29. The summed E-state index contributed by atoms with van der Waals surface area (Å²) in [4.78, 5) is 13.6. The van der Waals surface area contributed by atoms with Crippen LogP contribution in [0.15, 0.2) is 103 Å². The van der Waals surface area contributed by atoms with E-state index in [-0.39, 0.29) is 5.28 Å². The molecule has 0 spiro atoms. The van der Waals surface area contributed by atoms with E-state index in [1.165, 1.54) is 5.56 Å². The Balaban J connectivity index is 1.52. The van der Waals surface area contributed by atoms with Crippen molar-refractivity contribution in [3.05, 3.63) is 114 Å². The molecule has 1 unspecified atom stereocenters. The lowest BCUT2D eigenvalue weighted by molar-refractivity contribution is 0.854. The van der Waals surface area contributed by atoms with Gasteiger partial charge in [0.05, 0.1) is 0 Å². The van der Waals surface area contributed by atoms with Gasteiger partial charge in [-0.05, 0) is 46.8 Å². The van der Waals surface area contributed by atoms with Gasteiger partial charge in [-0.2, -0.15) is 9.97 Å². The summed E-state index contributed by atoms with van der Waals surface area (Å²) < 4.78 is 0. The third kappa shape index (κ3) is 4.32. The molecule has 31 heavy (non-hydrogen) atoms. The van der Waals surface area contributed by atoms with E-state index in [1.54, 1.807) is 0 Å². The molecule has 0 saturated heterocycles. The van der Waals surface area contributed by atoms with E-state index < -0.39 is 0 Å². The molecule has 1 atom stereocenters. The summed E-state index contributed by atoms with van der Waals surface area (Å²) in [6, 6.07) is 26.8. The van der Waals surface area contributed by atoms with Crippen molar-refractivity contribution in [1.82, 2.24) is 15.0 Å². The summed E-state index contributed by atoms with van der Waals surface area (Å²) in [7, 11) is 0. The molecule has 5 rings (SSSR count). The van der Waals surface area contributed by atoms with E-state index in [0.29, 0.717) is 17.6 Å². The summed E-state index contributed by atoms with van der Waals surface area (Å²) in [5.74, 6) is 1.51. The van der Waals surface area contributed by atoms with Crippen molar-refractivity contribution < 1.29 is 0 Å². The second kappa shape index (κ2) is 8.66. The molecule has 0 amide bonds. The Kier molecular flexibility index (Phi) is 5.42. The molecule has 1 aliphatic rings. The van der Waals surface area contributed by atoms with Crippen molar-refractivity contribution in [3.8, 4) is 33.9 Å². The third-order valence-corrected chi connectivity index (χ3v) is 5.56. The highest BCUT2D eigenvalue weighted by Gasteiger charge is 2.13. The van der Waals surface area contributed by atoms with Crippen LogP contribution in [-0.4, -0.2) is 15.0 Å². The number of hydrogen-bond donors (Lipinski definition) is 0. The van der Waals surface area contributed by atoms with E-state index in [4.69, 9.17) is 16.6 Å². The van der Waals surface area contributed by atoms with Gasteiger partial charge in [0.1, 0.15) is 0 Å². The molecule has 4 aromatic rings. The average molecular weight is 422 g/mol. The Morgan fingerprint density at radius 2 is 1.32 bits per heavy atom. The zero-order chi connectivity index (χ0) is 21.0. The molecular formula is C27H20ClN3. The van der Waals surface area contributed by atoms with Crippen LogP contribution in [0.3, 0.4) is 0 Å². The largest absolute Gasteiger partial charge is 0.226 e. The fourth-order valence-electron chi connectivity index (χ4n) is 3.81. The van der Waals surface area contributed by atoms with Crippen LogP contribution in [0.4, 0.5) is 0 Å². The summed E-state index contributed by atoms with van der Waals surface area (Å²) in [6.45, 7) is 0. The highest BCUT2D eigenvalue weighted by atomic mass is 35.5. The van der Waals surface area contributed by atoms with E-state index in [9.17, 15) is 0 Å². The number of halogens is 1. The minimum absolute atomic E-state index is 0.191. The third-order valence-electron chi connectivity index (χ3n) is 5.39. The molecule has 0 saturated carbocycles. The summed E-state index contributed by atoms with van der Waals surface area (Å²) in [6.07, 6.45) is 9.59. The molecule has 1 heterocycles. The Labute approximate surface area is 186 Å². The Hall–Kier alpha value is -3.56. The van der Waals surface area contributed by atoms with Gasteiger partial charge in [0, 0.05) is 17.0 Å². The van der Waals surface area contributed by atoms with E-state index in [0.717, 1.165) is 28.7 Å². The van der Waals surface area contributed by atoms with Crippen LogP contribution in [0.1, 0.15) is 17.9 Å². The van der Waals surface area contributed by atoms with Crippen molar-refractivity contribution >= 4 is 11.6 Å². The number of rotatable bonds is 4. The number of allylic oxidation sites excluding steroid dienone is 4. The average Bonchev–Trinajstić information content (AvgIpc) is 2.85. The predicted molar refractivity (Wildman–Crippen MR) is 127 cm³/mol. The molecular weight excluding hydrogens is 402 g/mol. The standard InChI is InChI=1S/C27H20ClN3/c28-27-30-25(23-15-7-13-21(17-23)19-9-3-1-4-10-19)29-26(31-27)24-16-8-14-22(18-24)20-11-5-2-6-12-20/h1-11,13-18,20H,12H2. The first-order valence-corrected chi connectivity index (χ1v) is 10.7. The first-order valence-electron chi connectivity index (χ1n) is 10.3. The highest BCUT2D eigenvalue weighted by molar-refractivity contribution is 6.28. The predicted octanol–water partition coefficient (Wildman–Crippen LogP) is 7.13. The van der Waals surface area contributed by atoms with Crippen molar-refractivity contribution in [1.29, 1.82) is 0 Å². The lowest BCUT2D eigenvalue weighted by atomic mass is 9.91. The first kappa shape index (κ1) is 19.4. The van der Waals surface area contributed by atoms with Crippen LogP contribution in [0.5, 0.6) is 0 Å². The van der Waals surface area contributed by atoms with Gasteiger partial charge in [-0.15, -0.1) is 0 Å². The van der Waals surface area contributed by atoms with Crippen LogP contribution in [0.2, 0.25) is 5.28 Å². The van der Waals surface area contributed by atoms with Crippen molar-refractivity contribution in [2.75, 3.05) is 0 Å². The Morgan fingerprint density at radius 3 is 2.06 bits per heavy atom. The summed E-state index contributed by atoms with van der Waals surface area (Å²) in [5, 5.41) is 0.191. The van der Waals surface area contributed by atoms with Gasteiger partial charge in [0.2, 0.25) is 5.28 Å². The zero-order valence-corrected chi connectivity index (χ0v) is 17.6. The minimum Gasteiger partial charge on any atom is -0.208 e. The van der Waals surface area contributed by atoms with Crippen LogP contribution in [0.25, 0.3) is 33.9 Å². The first-order chi connectivity index (χ1) is 15.3. The summed E-state index contributed by atoms with van der Waals surface area (Å²) in [5.41, 5.74) is 5.33. The van der Waals surface area contributed by atoms with Crippen LogP contribution in [-0.2, 0) is 0 Å². The van der Waals surface area contributed by atoms with Gasteiger partial charge in [-0.25, -0.2) is 4.98 Å². The molecule has 4 heteroatoms. The van der Waals surface area contributed by atoms with Crippen LogP contribution >= 0.6 is 11.6 Å². The van der Waals surface area contributed by atoms with Crippen LogP contribution < -0.4 is 0 Å².